The average molecular weight is 248 g/mol. The molecule has 2 atom stereocenters. The topological polar surface area (TPSA) is 34.1 Å². The lowest BCUT2D eigenvalue weighted by atomic mass is 9.64. The van der Waals surface area contributed by atoms with Crippen molar-refractivity contribution in [1.82, 2.24) is 10.3 Å². The van der Waals surface area contributed by atoms with Crippen LogP contribution in [0.4, 0.5) is 0 Å². The van der Waals surface area contributed by atoms with Crippen LogP contribution in [0.15, 0.2) is 18.3 Å². The third-order valence-corrected chi connectivity index (χ3v) is 4.05. The molecule has 3 nitrogen and oxygen atoms in total. The Morgan fingerprint density at radius 2 is 2.28 bits per heavy atom. The average Bonchev–Trinajstić information content (AvgIpc) is 2.35. The van der Waals surface area contributed by atoms with Gasteiger partial charge in [0.05, 0.1) is 5.69 Å². The van der Waals surface area contributed by atoms with E-state index in [0.29, 0.717) is 6.04 Å². The molecule has 0 saturated heterocycles. The summed E-state index contributed by atoms with van der Waals surface area (Å²) < 4.78 is 6.10. The normalized spacial score (nSPS) is 25.6. The third-order valence-electron chi connectivity index (χ3n) is 4.05. The van der Waals surface area contributed by atoms with Crippen LogP contribution in [0.5, 0.6) is 5.75 Å². The highest BCUT2D eigenvalue weighted by Crippen LogP contribution is 2.43. The fourth-order valence-electron chi connectivity index (χ4n) is 2.50. The summed E-state index contributed by atoms with van der Waals surface area (Å²) in [6.07, 6.45) is 4.36. The molecule has 0 spiro atoms. The Kier molecular flexibility index (Phi) is 3.91. The van der Waals surface area contributed by atoms with Gasteiger partial charge in [0.25, 0.3) is 0 Å². The first-order valence-electron chi connectivity index (χ1n) is 6.87. The molecule has 1 heterocycles. The first-order valence-corrected chi connectivity index (χ1v) is 6.87. The minimum absolute atomic E-state index is 0.192. The summed E-state index contributed by atoms with van der Waals surface area (Å²) in [7, 11) is 0. The number of nitrogens with one attached hydrogen (secondary N) is 1. The van der Waals surface area contributed by atoms with Crippen molar-refractivity contribution in [3.05, 3.63) is 24.0 Å². The molecule has 18 heavy (non-hydrogen) atoms. The second kappa shape index (κ2) is 5.27. The monoisotopic (exact) mass is 248 g/mol. The smallest absolute Gasteiger partial charge is 0.140 e. The molecule has 1 fully saturated rings. The SMILES string of the molecule is CCCNC1CC(Oc2cccnc2C)C1(C)C. The maximum atomic E-state index is 6.10. The number of pyridine rings is 1. The van der Waals surface area contributed by atoms with E-state index in [2.05, 4.69) is 31.1 Å². The van der Waals surface area contributed by atoms with Crippen LogP contribution in [-0.2, 0) is 0 Å². The molecule has 0 aromatic carbocycles. The van der Waals surface area contributed by atoms with Crippen molar-refractivity contribution in [3.8, 4) is 5.75 Å². The van der Waals surface area contributed by atoms with Gasteiger partial charge in [0.15, 0.2) is 0 Å². The van der Waals surface area contributed by atoms with Crippen molar-refractivity contribution in [2.45, 2.75) is 52.7 Å². The number of ether oxygens (including phenoxy) is 1. The highest BCUT2D eigenvalue weighted by atomic mass is 16.5. The summed E-state index contributed by atoms with van der Waals surface area (Å²) in [4.78, 5) is 4.27. The molecule has 2 unspecified atom stereocenters. The number of aryl methyl sites for hydroxylation is 1. The molecule has 0 radical (unpaired) electrons. The Hall–Kier alpha value is -1.09. The van der Waals surface area contributed by atoms with Gasteiger partial charge in [-0.3, -0.25) is 4.98 Å². The van der Waals surface area contributed by atoms with E-state index in [1.807, 2.05) is 19.1 Å². The Balaban J connectivity index is 1.95. The molecular formula is C15H24N2O. The van der Waals surface area contributed by atoms with Crippen LogP contribution in [0.25, 0.3) is 0 Å². The first-order chi connectivity index (χ1) is 8.55. The minimum atomic E-state index is 0.192. The van der Waals surface area contributed by atoms with E-state index in [1.165, 1.54) is 6.42 Å². The minimum Gasteiger partial charge on any atom is -0.488 e. The molecule has 0 bridgehead atoms. The zero-order valence-corrected chi connectivity index (χ0v) is 11.9. The predicted molar refractivity (Wildman–Crippen MR) is 73.9 cm³/mol. The van der Waals surface area contributed by atoms with E-state index < -0.39 is 0 Å². The van der Waals surface area contributed by atoms with Crippen LogP contribution >= 0.6 is 0 Å². The third kappa shape index (κ3) is 2.51. The number of rotatable bonds is 5. The van der Waals surface area contributed by atoms with Crippen molar-refractivity contribution in [1.29, 1.82) is 0 Å². The summed E-state index contributed by atoms with van der Waals surface area (Å²) in [5.41, 5.74) is 1.16. The molecule has 3 heteroatoms. The van der Waals surface area contributed by atoms with Crippen LogP contribution in [0.2, 0.25) is 0 Å². The largest absolute Gasteiger partial charge is 0.488 e. The fourth-order valence-corrected chi connectivity index (χ4v) is 2.50. The summed E-state index contributed by atoms with van der Waals surface area (Å²) in [5.74, 6) is 0.921. The van der Waals surface area contributed by atoms with E-state index >= 15 is 0 Å². The van der Waals surface area contributed by atoms with Gasteiger partial charge in [-0.05, 0) is 32.0 Å². The number of hydrogen-bond donors (Lipinski definition) is 1. The second-order valence-electron chi connectivity index (χ2n) is 5.76. The lowest BCUT2D eigenvalue weighted by Crippen LogP contribution is -2.62. The zero-order valence-electron chi connectivity index (χ0n) is 11.9. The van der Waals surface area contributed by atoms with Crippen molar-refractivity contribution in [2.75, 3.05) is 6.54 Å². The lowest BCUT2D eigenvalue weighted by Gasteiger charge is -2.51. The first kappa shape index (κ1) is 13.3. The fraction of sp³-hybridized carbons (Fsp3) is 0.667. The molecule has 1 aliphatic carbocycles. The Labute approximate surface area is 110 Å². The second-order valence-corrected chi connectivity index (χ2v) is 5.76. The van der Waals surface area contributed by atoms with Crippen LogP contribution in [0.1, 0.15) is 39.3 Å². The molecule has 2 rings (SSSR count). The van der Waals surface area contributed by atoms with Gasteiger partial charge >= 0.3 is 0 Å². The summed E-state index contributed by atoms with van der Waals surface area (Å²) >= 11 is 0. The predicted octanol–water partition coefficient (Wildman–Crippen LogP) is 2.94. The van der Waals surface area contributed by atoms with Crippen molar-refractivity contribution < 1.29 is 4.74 Å². The van der Waals surface area contributed by atoms with E-state index in [4.69, 9.17) is 4.74 Å². The lowest BCUT2D eigenvalue weighted by molar-refractivity contribution is -0.0551. The van der Waals surface area contributed by atoms with Gasteiger partial charge in [-0.2, -0.15) is 0 Å². The van der Waals surface area contributed by atoms with Crippen LogP contribution in [0.3, 0.4) is 0 Å². The highest BCUT2D eigenvalue weighted by molar-refractivity contribution is 5.26. The van der Waals surface area contributed by atoms with E-state index in [0.717, 1.165) is 24.4 Å². The quantitative estimate of drug-likeness (QED) is 0.870. The molecule has 1 aromatic rings. The van der Waals surface area contributed by atoms with E-state index in [1.54, 1.807) is 6.20 Å². The van der Waals surface area contributed by atoms with Crippen LogP contribution in [0, 0.1) is 12.3 Å². The van der Waals surface area contributed by atoms with Crippen LogP contribution in [-0.4, -0.2) is 23.7 Å². The van der Waals surface area contributed by atoms with Crippen molar-refractivity contribution in [3.63, 3.8) is 0 Å². The van der Waals surface area contributed by atoms with Gasteiger partial charge in [0, 0.05) is 24.1 Å². The molecule has 1 aliphatic rings. The van der Waals surface area contributed by atoms with E-state index in [9.17, 15) is 0 Å². The molecule has 1 saturated carbocycles. The molecule has 100 valence electrons. The summed E-state index contributed by atoms with van der Waals surface area (Å²) in [5, 5.41) is 3.59. The molecule has 1 aromatic heterocycles. The Bertz CT molecular complexity index is 403. The van der Waals surface area contributed by atoms with Gasteiger partial charge in [-0.15, -0.1) is 0 Å². The molecule has 1 N–H and O–H groups in total. The van der Waals surface area contributed by atoms with Gasteiger partial charge in [0.1, 0.15) is 11.9 Å². The number of nitrogens with zero attached hydrogens (tertiary/aromatic N) is 1. The van der Waals surface area contributed by atoms with Crippen LogP contribution < -0.4 is 10.1 Å². The molecule has 0 aliphatic heterocycles. The van der Waals surface area contributed by atoms with Crippen molar-refractivity contribution >= 4 is 0 Å². The maximum Gasteiger partial charge on any atom is 0.140 e. The van der Waals surface area contributed by atoms with Gasteiger partial charge in [-0.1, -0.05) is 20.8 Å². The summed E-state index contributed by atoms with van der Waals surface area (Å²) in [6, 6.07) is 4.51. The summed E-state index contributed by atoms with van der Waals surface area (Å²) in [6.45, 7) is 9.84. The number of aromatic nitrogens is 1. The van der Waals surface area contributed by atoms with E-state index in [-0.39, 0.29) is 11.5 Å². The highest BCUT2D eigenvalue weighted by Gasteiger charge is 2.49. The Morgan fingerprint density at radius 3 is 2.89 bits per heavy atom. The Morgan fingerprint density at radius 1 is 1.50 bits per heavy atom. The standard InChI is InChI=1S/C15H24N2O/c1-5-8-17-13-10-14(15(13,3)4)18-12-7-6-9-16-11(12)2/h6-7,9,13-14,17H,5,8,10H2,1-4H3. The van der Waals surface area contributed by atoms with Gasteiger partial charge < -0.3 is 10.1 Å². The molecule has 0 amide bonds. The van der Waals surface area contributed by atoms with Gasteiger partial charge in [0.2, 0.25) is 0 Å². The van der Waals surface area contributed by atoms with Crippen molar-refractivity contribution in [2.24, 2.45) is 5.41 Å². The van der Waals surface area contributed by atoms with Gasteiger partial charge in [-0.25, -0.2) is 0 Å². The number of hydrogen-bond acceptors (Lipinski definition) is 3. The maximum absolute atomic E-state index is 6.10. The molecular weight excluding hydrogens is 224 g/mol. The zero-order chi connectivity index (χ0) is 13.2.